The molecule has 0 aliphatic carbocycles. The molecule has 0 spiro atoms. The highest BCUT2D eigenvalue weighted by Crippen LogP contribution is 2.29. The summed E-state index contributed by atoms with van der Waals surface area (Å²) < 4.78 is 2.49. The average molecular weight is 382 g/mol. The monoisotopic (exact) mass is 380 g/mol. The Hall–Kier alpha value is -1.30. The first-order valence-electron chi connectivity index (χ1n) is 6.19. The van der Waals surface area contributed by atoms with Gasteiger partial charge in [0.15, 0.2) is 0 Å². The van der Waals surface area contributed by atoms with Crippen LogP contribution in [0.1, 0.15) is 5.69 Å². The molecule has 1 aromatic carbocycles. The number of aromatic nitrogens is 2. The highest BCUT2D eigenvalue weighted by molar-refractivity contribution is 9.10. The van der Waals surface area contributed by atoms with Crippen molar-refractivity contribution in [3.05, 3.63) is 74.2 Å². The molecule has 2 aromatic heterocycles. The number of hydrogen-bond donors (Lipinski definition) is 0. The molecular weight excluding hydrogens is 372 g/mol. The van der Waals surface area contributed by atoms with Crippen molar-refractivity contribution < 1.29 is 0 Å². The van der Waals surface area contributed by atoms with Crippen LogP contribution in [0.5, 0.6) is 0 Å². The lowest BCUT2D eigenvalue weighted by atomic mass is 10.4. The Kier molecular flexibility index (Phi) is 4.33. The van der Waals surface area contributed by atoms with E-state index in [1.807, 2.05) is 24.3 Å². The molecule has 3 rings (SSSR count). The van der Waals surface area contributed by atoms with E-state index in [9.17, 15) is 4.79 Å². The molecule has 0 bridgehead atoms. The number of halogens is 2. The van der Waals surface area contributed by atoms with Crippen LogP contribution < -0.4 is 5.56 Å². The molecule has 0 N–H and O–H groups in total. The lowest BCUT2D eigenvalue weighted by Crippen LogP contribution is -2.15. The lowest BCUT2D eigenvalue weighted by Gasteiger charge is -2.06. The average Bonchev–Trinajstić information content (AvgIpc) is 2.47. The first-order valence-corrected chi connectivity index (χ1v) is 8.34. The predicted octanol–water partition coefficient (Wildman–Crippen LogP) is 4.40. The Morgan fingerprint density at radius 1 is 1.24 bits per heavy atom. The van der Waals surface area contributed by atoms with Crippen LogP contribution >= 0.6 is 39.3 Å². The summed E-state index contributed by atoms with van der Waals surface area (Å²) in [6.45, 7) is 0. The number of pyridine rings is 1. The van der Waals surface area contributed by atoms with Crippen LogP contribution in [-0.4, -0.2) is 9.38 Å². The zero-order valence-corrected chi connectivity index (χ0v) is 14.0. The molecule has 106 valence electrons. The largest absolute Gasteiger partial charge is 0.269 e. The van der Waals surface area contributed by atoms with Gasteiger partial charge in [-0.15, -0.1) is 11.8 Å². The third-order valence-electron chi connectivity index (χ3n) is 2.89. The van der Waals surface area contributed by atoms with Crippen LogP contribution in [-0.2, 0) is 5.75 Å². The van der Waals surface area contributed by atoms with E-state index in [0.29, 0.717) is 16.4 Å². The van der Waals surface area contributed by atoms with E-state index in [1.54, 1.807) is 36.2 Å². The van der Waals surface area contributed by atoms with Crippen LogP contribution in [0.3, 0.4) is 0 Å². The molecule has 21 heavy (non-hydrogen) atoms. The molecule has 0 atom stereocenters. The summed E-state index contributed by atoms with van der Waals surface area (Å²) >= 11 is 11.0. The second-order valence-electron chi connectivity index (χ2n) is 4.38. The molecule has 0 unspecified atom stereocenters. The van der Waals surface area contributed by atoms with Gasteiger partial charge >= 0.3 is 0 Å². The Morgan fingerprint density at radius 3 is 2.86 bits per heavy atom. The maximum absolute atomic E-state index is 12.1. The summed E-state index contributed by atoms with van der Waals surface area (Å²) in [7, 11) is 0. The summed E-state index contributed by atoms with van der Waals surface area (Å²) in [5.74, 6) is 0.636. The Morgan fingerprint density at radius 2 is 2.05 bits per heavy atom. The summed E-state index contributed by atoms with van der Waals surface area (Å²) in [4.78, 5) is 17.7. The van der Waals surface area contributed by atoms with Gasteiger partial charge in [0, 0.05) is 27.4 Å². The van der Waals surface area contributed by atoms with E-state index in [4.69, 9.17) is 11.6 Å². The molecule has 0 fully saturated rings. The third kappa shape index (κ3) is 3.31. The van der Waals surface area contributed by atoms with Crippen LogP contribution in [0.25, 0.3) is 5.65 Å². The maximum Gasteiger partial charge on any atom is 0.258 e. The standard InChI is InChI=1S/C15H10BrClN2OS/c16-12-3-1-2-4-13(12)21-9-11-7-15(20)19-8-10(17)5-6-14(19)18-11/h1-8H,9H2. The molecule has 3 nitrogen and oxygen atoms in total. The molecule has 0 saturated heterocycles. The third-order valence-corrected chi connectivity index (χ3v) is 5.17. The minimum absolute atomic E-state index is 0.120. The van der Waals surface area contributed by atoms with Crippen LogP contribution in [0.4, 0.5) is 0 Å². The van der Waals surface area contributed by atoms with E-state index in [0.717, 1.165) is 15.1 Å². The molecule has 0 amide bonds. The van der Waals surface area contributed by atoms with Gasteiger partial charge in [0.2, 0.25) is 0 Å². The minimum atomic E-state index is -0.120. The van der Waals surface area contributed by atoms with Gasteiger partial charge in [0.05, 0.1) is 10.7 Å². The summed E-state index contributed by atoms with van der Waals surface area (Å²) in [5.41, 5.74) is 1.24. The van der Waals surface area contributed by atoms with Crippen molar-refractivity contribution >= 4 is 44.9 Å². The first-order chi connectivity index (χ1) is 10.1. The molecule has 0 aliphatic rings. The lowest BCUT2D eigenvalue weighted by molar-refractivity contribution is 1.01. The van der Waals surface area contributed by atoms with E-state index in [-0.39, 0.29) is 5.56 Å². The highest BCUT2D eigenvalue weighted by Gasteiger charge is 2.05. The van der Waals surface area contributed by atoms with E-state index in [2.05, 4.69) is 20.9 Å². The number of rotatable bonds is 3. The van der Waals surface area contributed by atoms with Crippen LogP contribution in [0, 0.1) is 0 Å². The Balaban J connectivity index is 1.90. The summed E-state index contributed by atoms with van der Waals surface area (Å²) in [6.07, 6.45) is 1.58. The van der Waals surface area contributed by atoms with Gasteiger partial charge in [0.1, 0.15) is 5.65 Å². The second kappa shape index (κ2) is 6.22. The number of hydrogen-bond acceptors (Lipinski definition) is 3. The Labute approximate surface area is 139 Å². The van der Waals surface area contributed by atoms with Crippen molar-refractivity contribution in [2.24, 2.45) is 0 Å². The first kappa shape index (κ1) is 14.6. The summed E-state index contributed by atoms with van der Waals surface area (Å²) in [6, 6.07) is 13.0. The number of benzene rings is 1. The molecule has 0 aliphatic heterocycles. The van der Waals surface area contributed by atoms with Gasteiger partial charge in [-0.1, -0.05) is 23.7 Å². The fourth-order valence-electron chi connectivity index (χ4n) is 1.91. The summed E-state index contributed by atoms with van der Waals surface area (Å²) in [5, 5.41) is 0.516. The van der Waals surface area contributed by atoms with Crippen molar-refractivity contribution in [2.45, 2.75) is 10.6 Å². The van der Waals surface area contributed by atoms with E-state index >= 15 is 0 Å². The van der Waals surface area contributed by atoms with E-state index in [1.165, 1.54) is 4.40 Å². The SMILES string of the molecule is O=c1cc(CSc2ccccc2Br)nc2ccc(Cl)cn12. The van der Waals surface area contributed by atoms with Gasteiger partial charge in [-0.2, -0.15) is 0 Å². The molecule has 6 heteroatoms. The zero-order valence-electron chi connectivity index (χ0n) is 10.8. The van der Waals surface area contributed by atoms with E-state index < -0.39 is 0 Å². The smallest absolute Gasteiger partial charge is 0.258 e. The van der Waals surface area contributed by atoms with Gasteiger partial charge in [0.25, 0.3) is 5.56 Å². The molecule has 2 heterocycles. The van der Waals surface area contributed by atoms with Gasteiger partial charge in [-0.25, -0.2) is 4.98 Å². The number of fused-ring (bicyclic) bond motifs is 1. The zero-order chi connectivity index (χ0) is 14.8. The molecular formula is C15H10BrClN2OS. The van der Waals surface area contributed by atoms with Crippen molar-refractivity contribution in [3.63, 3.8) is 0 Å². The quantitative estimate of drug-likeness (QED) is 0.631. The van der Waals surface area contributed by atoms with Gasteiger partial charge in [-0.3, -0.25) is 9.20 Å². The van der Waals surface area contributed by atoms with Crippen LogP contribution in [0.2, 0.25) is 5.02 Å². The van der Waals surface area contributed by atoms with Crippen molar-refractivity contribution in [2.75, 3.05) is 0 Å². The Bertz CT molecular complexity index is 866. The number of thioether (sulfide) groups is 1. The minimum Gasteiger partial charge on any atom is -0.269 e. The number of nitrogens with zero attached hydrogens (tertiary/aromatic N) is 2. The highest BCUT2D eigenvalue weighted by atomic mass is 79.9. The fraction of sp³-hybridized carbons (Fsp3) is 0.0667. The van der Waals surface area contributed by atoms with Crippen molar-refractivity contribution in [3.8, 4) is 0 Å². The van der Waals surface area contributed by atoms with Gasteiger partial charge in [-0.05, 0) is 40.2 Å². The normalized spacial score (nSPS) is 11.0. The fourth-order valence-corrected chi connectivity index (χ4v) is 3.53. The molecule has 0 saturated carbocycles. The predicted molar refractivity (Wildman–Crippen MR) is 90.2 cm³/mol. The topological polar surface area (TPSA) is 34.4 Å². The molecule has 0 radical (unpaired) electrons. The van der Waals surface area contributed by atoms with Gasteiger partial charge < -0.3 is 0 Å². The maximum atomic E-state index is 12.1. The van der Waals surface area contributed by atoms with Crippen LogP contribution in [0.15, 0.2) is 62.8 Å². The second-order valence-corrected chi connectivity index (χ2v) is 6.69. The van der Waals surface area contributed by atoms with Crippen molar-refractivity contribution in [1.29, 1.82) is 0 Å². The van der Waals surface area contributed by atoms with Crippen molar-refractivity contribution in [1.82, 2.24) is 9.38 Å². The molecule has 3 aromatic rings.